The number of hydrogen-bond donors (Lipinski definition) is 6. The maximum absolute atomic E-state index is 13.1. The van der Waals surface area contributed by atoms with Crippen molar-refractivity contribution in [2.75, 3.05) is 19.8 Å². The second-order valence-corrected chi connectivity index (χ2v) is 27.4. The molecule has 1 saturated heterocycles. The van der Waals surface area contributed by atoms with Crippen LogP contribution in [0.1, 0.15) is 393 Å². The van der Waals surface area contributed by atoms with Crippen LogP contribution < -0.4 is 5.32 Å². The maximum atomic E-state index is 13.1. The fourth-order valence-corrected chi connectivity index (χ4v) is 12.5. The second-order valence-electron chi connectivity index (χ2n) is 27.4. The van der Waals surface area contributed by atoms with Gasteiger partial charge in [-0.2, -0.15) is 0 Å². The van der Waals surface area contributed by atoms with E-state index in [1.165, 1.54) is 308 Å². The summed E-state index contributed by atoms with van der Waals surface area (Å²) in [5.74, 6) is -0.169. The van der Waals surface area contributed by atoms with Crippen molar-refractivity contribution < 1.29 is 49.3 Å². The van der Waals surface area contributed by atoms with Gasteiger partial charge in [-0.3, -0.25) is 9.59 Å². The molecule has 0 aromatic rings. The van der Waals surface area contributed by atoms with E-state index in [2.05, 4.69) is 43.5 Å². The molecule has 1 amide bonds. The average molecular weight is 1270 g/mol. The third kappa shape index (κ3) is 56.2. The molecule has 7 unspecified atom stereocenters. The Morgan fingerprint density at radius 3 is 1.10 bits per heavy atom. The SMILES string of the molecule is CCCC/C=C\CCCCCCCC(=O)OCCCCCCCCCCCCCCCCCCCC/C=C\CCCCCCCCCCCCCCCCCCCC(=O)NC(COC1OC(CO)C(O)C(O)C1O)C(O)/C=C/CCCCCCCCCCCC. The number of carbonyl (C=O) groups is 2. The Hall–Kier alpha value is -2.12. The number of hydrogen-bond acceptors (Lipinski definition) is 10. The van der Waals surface area contributed by atoms with Crippen molar-refractivity contribution in [2.24, 2.45) is 0 Å². The third-order valence-corrected chi connectivity index (χ3v) is 18.7. The second kappa shape index (κ2) is 68.3. The van der Waals surface area contributed by atoms with Gasteiger partial charge in [0.1, 0.15) is 24.4 Å². The van der Waals surface area contributed by atoms with Gasteiger partial charge in [0.25, 0.3) is 0 Å². The zero-order valence-corrected chi connectivity index (χ0v) is 59.1. The highest BCUT2D eigenvalue weighted by Gasteiger charge is 2.44. The van der Waals surface area contributed by atoms with Gasteiger partial charge < -0.3 is 45.1 Å². The van der Waals surface area contributed by atoms with Gasteiger partial charge in [0.2, 0.25) is 5.91 Å². The number of unbranched alkanes of at least 4 members (excludes halogenated alkanes) is 52. The van der Waals surface area contributed by atoms with Gasteiger partial charge >= 0.3 is 5.97 Å². The number of aliphatic hydroxyl groups is 5. The van der Waals surface area contributed by atoms with E-state index in [1.54, 1.807) is 6.08 Å². The zero-order chi connectivity index (χ0) is 65.1. The van der Waals surface area contributed by atoms with Crippen LogP contribution in [0.15, 0.2) is 36.5 Å². The number of carbonyl (C=O) groups excluding carboxylic acids is 2. The van der Waals surface area contributed by atoms with Gasteiger partial charge in [-0.25, -0.2) is 0 Å². The number of amides is 1. The molecule has 0 bridgehead atoms. The molecule has 0 saturated carbocycles. The lowest BCUT2D eigenvalue weighted by molar-refractivity contribution is -0.302. The van der Waals surface area contributed by atoms with Crippen LogP contribution in [0.4, 0.5) is 0 Å². The number of nitrogens with one attached hydrogen (secondary N) is 1. The smallest absolute Gasteiger partial charge is 0.305 e. The fraction of sp³-hybridized carbons (Fsp3) is 0.899. The quantitative estimate of drug-likeness (QED) is 0.0195. The molecule has 530 valence electrons. The molecule has 0 aromatic carbocycles. The van der Waals surface area contributed by atoms with Crippen LogP contribution in [-0.4, -0.2) is 100 Å². The Morgan fingerprint density at radius 2 is 0.722 bits per heavy atom. The summed E-state index contributed by atoms with van der Waals surface area (Å²) in [6, 6.07) is -0.806. The lowest BCUT2D eigenvalue weighted by Crippen LogP contribution is -2.60. The van der Waals surface area contributed by atoms with Crippen molar-refractivity contribution in [2.45, 2.75) is 436 Å². The molecule has 6 N–H and O–H groups in total. The van der Waals surface area contributed by atoms with Crippen LogP contribution in [0.3, 0.4) is 0 Å². The molecule has 0 aliphatic carbocycles. The molecule has 1 aliphatic heterocycles. The fourth-order valence-electron chi connectivity index (χ4n) is 12.5. The Kier molecular flexibility index (Phi) is 65.2. The number of aliphatic hydroxyl groups excluding tert-OH is 5. The molecule has 11 nitrogen and oxygen atoms in total. The molecule has 90 heavy (non-hydrogen) atoms. The minimum Gasteiger partial charge on any atom is -0.466 e. The highest BCUT2D eigenvalue weighted by molar-refractivity contribution is 5.76. The number of ether oxygens (including phenoxy) is 3. The standard InChI is InChI=1S/C79H149NO10/c1-3-5-7-9-11-13-15-46-49-53-57-61-65-72(82)71(70-89-79-78(87)77(86)76(85)73(69-81)90-79)80-74(83)66-62-58-54-50-47-43-41-39-37-35-33-31-29-27-25-23-21-19-17-16-18-20-22-24-26-28-30-32-34-36-38-40-42-44-48-52-56-60-64-68-88-75(84)67-63-59-55-51-45-14-12-10-8-6-4-2/h10,12,16-17,61,65,71-73,76-79,81-82,85-87H,3-9,11,13-15,18-60,62-64,66-70H2,1-2H3,(H,80,83)/b12-10-,17-16-,65-61+. The van der Waals surface area contributed by atoms with Gasteiger partial charge in [-0.1, -0.05) is 339 Å². The molecule has 7 atom stereocenters. The van der Waals surface area contributed by atoms with Gasteiger partial charge in [-0.15, -0.1) is 0 Å². The molecule has 1 rings (SSSR count). The van der Waals surface area contributed by atoms with E-state index in [0.717, 1.165) is 57.8 Å². The molecule has 1 aliphatic rings. The first-order valence-electron chi connectivity index (χ1n) is 39.3. The molecule has 1 fully saturated rings. The molecule has 1 heterocycles. The minimum absolute atomic E-state index is 0.00598. The Labute approximate surface area is 555 Å². The van der Waals surface area contributed by atoms with E-state index in [-0.39, 0.29) is 18.5 Å². The topological polar surface area (TPSA) is 175 Å². The predicted octanol–water partition coefficient (Wildman–Crippen LogP) is 20.9. The van der Waals surface area contributed by atoms with Gasteiger partial charge in [0.05, 0.1) is 32.0 Å². The molecule has 0 aromatic heterocycles. The molecule has 0 radical (unpaired) electrons. The summed E-state index contributed by atoms with van der Waals surface area (Å²) in [6.45, 7) is 4.35. The van der Waals surface area contributed by atoms with Crippen molar-refractivity contribution in [1.29, 1.82) is 0 Å². The summed E-state index contributed by atoms with van der Waals surface area (Å²) in [7, 11) is 0. The van der Waals surface area contributed by atoms with Crippen LogP contribution in [0, 0.1) is 0 Å². The van der Waals surface area contributed by atoms with E-state index in [0.29, 0.717) is 19.4 Å². The van der Waals surface area contributed by atoms with Crippen LogP contribution in [0.5, 0.6) is 0 Å². The Bertz CT molecular complexity index is 1590. The lowest BCUT2D eigenvalue weighted by atomic mass is 9.99. The van der Waals surface area contributed by atoms with Crippen molar-refractivity contribution in [3.05, 3.63) is 36.5 Å². The van der Waals surface area contributed by atoms with E-state index in [9.17, 15) is 35.1 Å². The van der Waals surface area contributed by atoms with E-state index in [4.69, 9.17) is 14.2 Å². The normalized spacial score (nSPS) is 17.8. The van der Waals surface area contributed by atoms with Crippen molar-refractivity contribution in [3.63, 3.8) is 0 Å². The number of allylic oxidation sites excluding steroid dienone is 5. The first-order valence-corrected chi connectivity index (χ1v) is 39.3. The van der Waals surface area contributed by atoms with E-state index < -0.39 is 49.5 Å². The molecule has 0 spiro atoms. The number of esters is 1. The summed E-state index contributed by atoms with van der Waals surface area (Å²) < 4.78 is 16.7. The van der Waals surface area contributed by atoms with E-state index in [1.807, 2.05) is 6.08 Å². The zero-order valence-electron chi connectivity index (χ0n) is 59.1. The van der Waals surface area contributed by atoms with Crippen LogP contribution in [0.25, 0.3) is 0 Å². The summed E-state index contributed by atoms with van der Waals surface area (Å²) in [4.78, 5) is 25.1. The highest BCUT2D eigenvalue weighted by atomic mass is 16.7. The lowest BCUT2D eigenvalue weighted by Gasteiger charge is -2.40. The Morgan fingerprint density at radius 1 is 0.400 bits per heavy atom. The first-order chi connectivity index (χ1) is 44.2. The average Bonchev–Trinajstić information content (AvgIpc) is 1.36. The van der Waals surface area contributed by atoms with Crippen LogP contribution >= 0.6 is 0 Å². The molecular weight excluding hydrogens is 1120 g/mol. The summed E-state index contributed by atoms with van der Waals surface area (Å²) in [5.41, 5.74) is 0. The highest BCUT2D eigenvalue weighted by Crippen LogP contribution is 2.24. The largest absolute Gasteiger partial charge is 0.466 e. The Balaban J connectivity index is 1.89. The van der Waals surface area contributed by atoms with Crippen molar-refractivity contribution >= 4 is 11.9 Å². The summed E-state index contributed by atoms with van der Waals surface area (Å²) in [6.07, 6.45) is 78.9. The predicted molar refractivity (Wildman–Crippen MR) is 380 cm³/mol. The summed E-state index contributed by atoms with van der Waals surface area (Å²) in [5, 5.41) is 54.5. The minimum atomic E-state index is -1.57. The van der Waals surface area contributed by atoms with Crippen molar-refractivity contribution in [3.8, 4) is 0 Å². The van der Waals surface area contributed by atoms with Gasteiger partial charge in [0.15, 0.2) is 6.29 Å². The van der Waals surface area contributed by atoms with Crippen LogP contribution in [0.2, 0.25) is 0 Å². The van der Waals surface area contributed by atoms with E-state index >= 15 is 0 Å². The maximum Gasteiger partial charge on any atom is 0.305 e. The molecule has 11 heteroatoms. The van der Waals surface area contributed by atoms with Crippen LogP contribution in [-0.2, 0) is 23.8 Å². The van der Waals surface area contributed by atoms with Gasteiger partial charge in [-0.05, 0) is 77.0 Å². The molecular formula is C79H149NO10. The summed E-state index contributed by atoms with van der Waals surface area (Å²) >= 11 is 0. The number of rotatable bonds is 70. The first kappa shape index (κ1) is 85.9. The third-order valence-electron chi connectivity index (χ3n) is 18.7. The monoisotopic (exact) mass is 1270 g/mol. The van der Waals surface area contributed by atoms with Gasteiger partial charge in [0, 0.05) is 12.8 Å². The van der Waals surface area contributed by atoms with Crippen molar-refractivity contribution in [1.82, 2.24) is 5.32 Å².